The number of oxime groups is 1. The van der Waals surface area contributed by atoms with Crippen LogP contribution in [0.15, 0.2) is 53.7 Å². The van der Waals surface area contributed by atoms with Gasteiger partial charge in [0.05, 0.1) is 19.4 Å². The summed E-state index contributed by atoms with van der Waals surface area (Å²) in [6.07, 6.45) is 0. The minimum Gasteiger partial charge on any atom is -0.497 e. The van der Waals surface area contributed by atoms with Crippen molar-refractivity contribution in [2.24, 2.45) is 5.16 Å². The smallest absolute Gasteiger partial charge is 0.319 e. The highest BCUT2D eigenvalue weighted by molar-refractivity contribution is 6.53. The van der Waals surface area contributed by atoms with Gasteiger partial charge in [0.2, 0.25) is 11.6 Å². The first kappa shape index (κ1) is 16.2. The molecular formula is C18H14N2O6. The van der Waals surface area contributed by atoms with Gasteiger partial charge in [0.25, 0.3) is 0 Å². The standard InChI is InChI=1S/C18H14N2O6/c1-23-13-7-3-11(4-8-13)15(21)16-18(20(25-18)26-19-16)17(22)12-5-9-14(24-2)10-6-12/h3-10H,1-2H3/t18-,20?/m1/s1. The number of rotatable bonds is 6. The van der Waals surface area contributed by atoms with Gasteiger partial charge < -0.3 is 9.47 Å². The van der Waals surface area contributed by atoms with Crippen LogP contribution in [-0.2, 0) is 9.78 Å². The normalized spacial score (nSPS) is 22.7. The summed E-state index contributed by atoms with van der Waals surface area (Å²) in [5.41, 5.74) is -1.09. The van der Waals surface area contributed by atoms with Gasteiger partial charge in [0, 0.05) is 11.1 Å². The van der Waals surface area contributed by atoms with E-state index in [0.717, 1.165) is 5.23 Å². The van der Waals surface area contributed by atoms with E-state index < -0.39 is 17.3 Å². The van der Waals surface area contributed by atoms with Crippen LogP contribution < -0.4 is 9.47 Å². The fourth-order valence-corrected chi connectivity index (χ4v) is 2.69. The molecule has 2 aromatic carbocycles. The van der Waals surface area contributed by atoms with Crippen LogP contribution >= 0.6 is 0 Å². The van der Waals surface area contributed by atoms with Crippen molar-refractivity contribution < 1.29 is 28.8 Å². The van der Waals surface area contributed by atoms with Crippen LogP contribution in [0.1, 0.15) is 20.7 Å². The predicted octanol–water partition coefficient (Wildman–Crippen LogP) is 2.01. The number of carbonyl (C=O) groups excluding carboxylic acids is 2. The van der Waals surface area contributed by atoms with Crippen molar-refractivity contribution in [1.29, 1.82) is 0 Å². The molecule has 26 heavy (non-hydrogen) atoms. The topological polar surface area (TPSA) is 89.7 Å². The molecule has 0 spiro atoms. The Labute approximate surface area is 148 Å². The lowest BCUT2D eigenvalue weighted by Crippen LogP contribution is -2.39. The van der Waals surface area contributed by atoms with Crippen molar-refractivity contribution in [3.05, 3.63) is 59.7 Å². The fourth-order valence-electron chi connectivity index (χ4n) is 2.69. The van der Waals surface area contributed by atoms with Gasteiger partial charge in [0.15, 0.2) is 5.71 Å². The average molecular weight is 354 g/mol. The number of hydroxylamine groups is 2. The lowest BCUT2D eigenvalue weighted by molar-refractivity contribution is -0.160. The van der Waals surface area contributed by atoms with Gasteiger partial charge in [0.1, 0.15) is 11.5 Å². The van der Waals surface area contributed by atoms with Gasteiger partial charge in [-0.3, -0.25) is 14.5 Å². The number of fused-ring (bicyclic) bond motifs is 1. The van der Waals surface area contributed by atoms with Crippen molar-refractivity contribution in [3.63, 3.8) is 0 Å². The van der Waals surface area contributed by atoms with Crippen LogP contribution in [0.5, 0.6) is 11.5 Å². The number of methoxy groups -OCH3 is 2. The molecule has 1 saturated heterocycles. The first-order chi connectivity index (χ1) is 12.6. The zero-order valence-electron chi connectivity index (χ0n) is 14.0. The molecule has 0 saturated carbocycles. The molecule has 8 heteroatoms. The number of hydrogen-bond acceptors (Lipinski definition) is 8. The number of nitrogens with zero attached hydrogens (tertiary/aromatic N) is 2. The second-order valence-electron chi connectivity index (χ2n) is 5.63. The van der Waals surface area contributed by atoms with E-state index in [1.54, 1.807) is 48.5 Å². The minimum atomic E-state index is -1.65. The molecule has 2 aliphatic heterocycles. The van der Waals surface area contributed by atoms with Crippen molar-refractivity contribution in [3.8, 4) is 11.5 Å². The van der Waals surface area contributed by atoms with Gasteiger partial charge in [-0.1, -0.05) is 5.16 Å². The molecule has 132 valence electrons. The summed E-state index contributed by atoms with van der Waals surface area (Å²) in [6.45, 7) is 0. The quantitative estimate of drug-likeness (QED) is 0.579. The first-order valence-corrected chi connectivity index (χ1v) is 7.72. The molecule has 0 bridgehead atoms. The van der Waals surface area contributed by atoms with Crippen LogP contribution in [0.25, 0.3) is 0 Å². The Balaban J connectivity index is 1.62. The Morgan fingerprint density at radius 3 is 1.96 bits per heavy atom. The van der Waals surface area contributed by atoms with Crippen molar-refractivity contribution in [2.75, 3.05) is 14.2 Å². The Kier molecular flexibility index (Phi) is 3.71. The summed E-state index contributed by atoms with van der Waals surface area (Å²) in [4.78, 5) is 35.9. The van der Waals surface area contributed by atoms with Gasteiger partial charge >= 0.3 is 5.72 Å². The van der Waals surface area contributed by atoms with E-state index >= 15 is 0 Å². The third-order valence-corrected chi connectivity index (χ3v) is 4.19. The second-order valence-corrected chi connectivity index (χ2v) is 5.63. The molecule has 2 atom stereocenters. The molecular weight excluding hydrogens is 340 g/mol. The molecule has 2 aliphatic rings. The third-order valence-electron chi connectivity index (χ3n) is 4.19. The monoisotopic (exact) mass is 354 g/mol. The Bertz CT molecular complexity index is 906. The maximum Gasteiger partial charge on any atom is 0.319 e. The van der Waals surface area contributed by atoms with E-state index in [2.05, 4.69) is 5.16 Å². The highest BCUT2D eigenvalue weighted by Crippen LogP contribution is 2.44. The van der Waals surface area contributed by atoms with Crippen molar-refractivity contribution in [2.45, 2.75) is 5.72 Å². The van der Waals surface area contributed by atoms with Gasteiger partial charge in [-0.25, -0.2) is 4.84 Å². The largest absolute Gasteiger partial charge is 0.497 e. The van der Waals surface area contributed by atoms with Crippen molar-refractivity contribution in [1.82, 2.24) is 5.23 Å². The molecule has 2 heterocycles. The summed E-state index contributed by atoms with van der Waals surface area (Å²) >= 11 is 0. The molecule has 0 radical (unpaired) electrons. The Hall–Kier alpha value is -3.23. The molecule has 0 aromatic heterocycles. The summed E-state index contributed by atoms with van der Waals surface area (Å²) in [7, 11) is 3.06. The third kappa shape index (κ3) is 2.35. The van der Waals surface area contributed by atoms with E-state index in [4.69, 9.17) is 19.2 Å². The van der Waals surface area contributed by atoms with E-state index in [-0.39, 0.29) is 5.71 Å². The zero-order chi connectivity index (χ0) is 18.3. The van der Waals surface area contributed by atoms with Crippen LogP contribution in [0, 0.1) is 0 Å². The van der Waals surface area contributed by atoms with E-state index in [1.165, 1.54) is 14.2 Å². The lowest BCUT2D eigenvalue weighted by atomic mass is 9.93. The predicted molar refractivity (Wildman–Crippen MR) is 88.8 cm³/mol. The SMILES string of the molecule is COc1ccc(C(=O)C2=NON3O[C@@]23C(=O)c2ccc(OC)cc2)cc1. The molecule has 4 rings (SSSR count). The van der Waals surface area contributed by atoms with Crippen LogP contribution in [0.4, 0.5) is 0 Å². The number of ether oxygens (including phenoxy) is 2. The lowest BCUT2D eigenvalue weighted by Gasteiger charge is -2.08. The number of Topliss-reactive ketones (excluding diaryl/α,β-unsaturated/α-hetero) is 2. The van der Waals surface area contributed by atoms with E-state index in [0.29, 0.717) is 22.6 Å². The highest BCUT2D eigenvalue weighted by atomic mass is 17.1. The summed E-state index contributed by atoms with van der Waals surface area (Å²) < 4.78 is 10.2. The zero-order valence-corrected chi connectivity index (χ0v) is 14.0. The molecule has 1 fully saturated rings. The second kappa shape index (κ2) is 5.94. The number of carbonyl (C=O) groups is 2. The molecule has 8 nitrogen and oxygen atoms in total. The van der Waals surface area contributed by atoms with Crippen molar-refractivity contribution >= 4 is 17.3 Å². The molecule has 2 aromatic rings. The number of hydrogen-bond donors (Lipinski definition) is 0. The van der Waals surface area contributed by atoms with Gasteiger partial charge in [-0.2, -0.15) is 0 Å². The number of benzene rings is 2. The minimum absolute atomic E-state index is 0.122. The average Bonchev–Trinajstić information content (AvgIpc) is 3.32. The van der Waals surface area contributed by atoms with Gasteiger partial charge in [-0.05, 0) is 48.5 Å². The maximum atomic E-state index is 12.9. The van der Waals surface area contributed by atoms with E-state index in [9.17, 15) is 9.59 Å². The fraction of sp³-hybridized carbons (Fsp3) is 0.167. The highest BCUT2D eigenvalue weighted by Gasteiger charge is 2.74. The summed E-state index contributed by atoms with van der Waals surface area (Å²) in [5.74, 6) is 0.311. The Morgan fingerprint density at radius 1 is 0.923 bits per heavy atom. The maximum absolute atomic E-state index is 12.9. The summed E-state index contributed by atoms with van der Waals surface area (Å²) in [6, 6.07) is 12.9. The summed E-state index contributed by atoms with van der Waals surface area (Å²) in [5, 5.41) is 4.64. The molecule has 0 N–H and O–H groups in total. The Morgan fingerprint density at radius 2 is 1.46 bits per heavy atom. The van der Waals surface area contributed by atoms with Crippen LogP contribution in [-0.4, -0.2) is 42.4 Å². The first-order valence-electron chi connectivity index (χ1n) is 7.72. The molecule has 0 aliphatic carbocycles. The molecule has 1 unspecified atom stereocenters. The number of ketones is 2. The van der Waals surface area contributed by atoms with Crippen LogP contribution in [0.3, 0.4) is 0 Å². The van der Waals surface area contributed by atoms with Gasteiger partial charge in [-0.15, -0.1) is 0 Å². The van der Waals surface area contributed by atoms with E-state index in [1.807, 2.05) is 0 Å². The van der Waals surface area contributed by atoms with Crippen LogP contribution in [0.2, 0.25) is 0 Å². The molecule has 0 amide bonds.